The molecule has 0 aliphatic carbocycles. The summed E-state index contributed by atoms with van der Waals surface area (Å²) in [6.07, 6.45) is 16.9. The molecular formula is C22H41NO3. The van der Waals surface area contributed by atoms with Crippen LogP contribution in [0, 0.1) is 0 Å². The van der Waals surface area contributed by atoms with Crippen molar-refractivity contribution in [1.29, 1.82) is 0 Å². The zero-order chi connectivity index (χ0) is 19.0. The van der Waals surface area contributed by atoms with Gasteiger partial charge in [-0.05, 0) is 25.7 Å². The SMILES string of the molecule is CCCCCCCCCCCCOC(=O)C1CCCN1C(=O)CCCC. The standard InChI is InChI=1S/C22H41NO3/c1-3-5-7-8-9-10-11-12-13-14-19-26-22(25)20-16-15-18-23(20)21(24)17-6-4-2/h20H,3-19H2,1-2H3. The highest BCUT2D eigenvalue weighted by Gasteiger charge is 2.34. The second-order valence-electron chi connectivity index (χ2n) is 7.70. The molecular weight excluding hydrogens is 326 g/mol. The number of likely N-dealkylation sites (tertiary alicyclic amines) is 1. The van der Waals surface area contributed by atoms with Crippen LogP contribution in [-0.2, 0) is 14.3 Å². The zero-order valence-electron chi connectivity index (χ0n) is 17.3. The molecule has 1 saturated heterocycles. The first-order valence-electron chi connectivity index (χ1n) is 11.2. The molecule has 0 saturated carbocycles. The Morgan fingerprint density at radius 2 is 1.42 bits per heavy atom. The molecule has 0 aromatic rings. The predicted octanol–water partition coefficient (Wildman–Crippen LogP) is 5.63. The largest absolute Gasteiger partial charge is 0.464 e. The summed E-state index contributed by atoms with van der Waals surface area (Å²) in [7, 11) is 0. The summed E-state index contributed by atoms with van der Waals surface area (Å²) >= 11 is 0. The first kappa shape index (κ1) is 23.0. The minimum Gasteiger partial charge on any atom is -0.464 e. The van der Waals surface area contributed by atoms with Gasteiger partial charge in [0.2, 0.25) is 5.91 Å². The third kappa shape index (κ3) is 9.59. The molecule has 0 bridgehead atoms. The predicted molar refractivity (Wildman–Crippen MR) is 107 cm³/mol. The Hall–Kier alpha value is -1.06. The summed E-state index contributed by atoms with van der Waals surface area (Å²) in [5.74, 6) is -0.0755. The van der Waals surface area contributed by atoms with Gasteiger partial charge in [0.25, 0.3) is 0 Å². The van der Waals surface area contributed by atoms with Crippen molar-refractivity contribution in [3.63, 3.8) is 0 Å². The number of carbonyl (C=O) groups is 2. The van der Waals surface area contributed by atoms with E-state index in [-0.39, 0.29) is 17.9 Å². The third-order valence-corrected chi connectivity index (χ3v) is 5.33. The fourth-order valence-electron chi connectivity index (χ4n) is 3.64. The molecule has 1 fully saturated rings. The number of rotatable bonds is 15. The van der Waals surface area contributed by atoms with E-state index in [9.17, 15) is 9.59 Å². The van der Waals surface area contributed by atoms with Gasteiger partial charge < -0.3 is 9.64 Å². The van der Waals surface area contributed by atoms with E-state index in [1.165, 1.54) is 51.4 Å². The summed E-state index contributed by atoms with van der Waals surface area (Å²) in [5, 5.41) is 0. The highest BCUT2D eigenvalue weighted by Crippen LogP contribution is 2.20. The first-order chi connectivity index (χ1) is 12.7. The molecule has 1 atom stereocenters. The van der Waals surface area contributed by atoms with Gasteiger partial charge in [0.1, 0.15) is 6.04 Å². The van der Waals surface area contributed by atoms with E-state index in [0.29, 0.717) is 19.6 Å². The summed E-state index contributed by atoms with van der Waals surface area (Å²) in [4.78, 5) is 26.2. The molecule has 1 heterocycles. The zero-order valence-corrected chi connectivity index (χ0v) is 17.3. The van der Waals surface area contributed by atoms with E-state index in [4.69, 9.17) is 4.74 Å². The fraction of sp³-hybridized carbons (Fsp3) is 0.909. The first-order valence-corrected chi connectivity index (χ1v) is 11.2. The average molecular weight is 368 g/mol. The van der Waals surface area contributed by atoms with Crippen molar-refractivity contribution in [2.24, 2.45) is 0 Å². The van der Waals surface area contributed by atoms with Gasteiger partial charge in [-0.3, -0.25) is 4.79 Å². The van der Waals surface area contributed by atoms with E-state index in [1.54, 1.807) is 4.90 Å². The van der Waals surface area contributed by atoms with E-state index in [2.05, 4.69) is 13.8 Å². The van der Waals surface area contributed by atoms with Gasteiger partial charge in [-0.25, -0.2) is 4.79 Å². The fourth-order valence-corrected chi connectivity index (χ4v) is 3.64. The van der Waals surface area contributed by atoms with Gasteiger partial charge in [-0.2, -0.15) is 0 Å². The Morgan fingerprint density at radius 1 is 0.846 bits per heavy atom. The molecule has 1 unspecified atom stereocenters. The van der Waals surface area contributed by atoms with Crippen LogP contribution in [0.1, 0.15) is 110 Å². The van der Waals surface area contributed by atoms with Gasteiger partial charge in [-0.15, -0.1) is 0 Å². The molecule has 4 nitrogen and oxygen atoms in total. The highest BCUT2D eigenvalue weighted by molar-refractivity contribution is 5.85. The molecule has 0 radical (unpaired) electrons. The van der Waals surface area contributed by atoms with E-state index >= 15 is 0 Å². The monoisotopic (exact) mass is 367 g/mol. The number of ether oxygens (including phenoxy) is 1. The van der Waals surface area contributed by atoms with Crippen molar-refractivity contribution in [2.75, 3.05) is 13.2 Å². The Morgan fingerprint density at radius 3 is 2.04 bits per heavy atom. The Balaban J connectivity index is 2.04. The maximum absolute atomic E-state index is 12.3. The molecule has 1 aliphatic heterocycles. The van der Waals surface area contributed by atoms with Crippen molar-refractivity contribution in [3.05, 3.63) is 0 Å². The van der Waals surface area contributed by atoms with E-state index in [0.717, 1.165) is 38.5 Å². The normalized spacial score (nSPS) is 16.8. The molecule has 4 heteroatoms. The van der Waals surface area contributed by atoms with Gasteiger partial charge in [0.15, 0.2) is 0 Å². The lowest BCUT2D eigenvalue weighted by molar-refractivity contribution is -0.153. The summed E-state index contributed by atoms with van der Waals surface area (Å²) in [6, 6.07) is -0.331. The van der Waals surface area contributed by atoms with Crippen LogP contribution in [0.15, 0.2) is 0 Å². The number of nitrogens with zero attached hydrogens (tertiary/aromatic N) is 1. The van der Waals surface area contributed by atoms with Gasteiger partial charge >= 0.3 is 5.97 Å². The molecule has 1 rings (SSSR count). The summed E-state index contributed by atoms with van der Waals surface area (Å²) in [6.45, 7) is 5.54. The van der Waals surface area contributed by atoms with Crippen LogP contribution in [0.2, 0.25) is 0 Å². The molecule has 0 spiro atoms. The van der Waals surface area contributed by atoms with Crippen LogP contribution < -0.4 is 0 Å². The van der Waals surface area contributed by atoms with Gasteiger partial charge in [0.05, 0.1) is 6.61 Å². The van der Waals surface area contributed by atoms with Crippen LogP contribution in [0.4, 0.5) is 0 Å². The molecule has 26 heavy (non-hydrogen) atoms. The minimum absolute atomic E-state index is 0.116. The Bertz CT molecular complexity index is 384. The lowest BCUT2D eigenvalue weighted by atomic mass is 10.1. The van der Waals surface area contributed by atoms with Crippen LogP contribution in [-0.4, -0.2) is 36.0 Å². The van der Waals surface area contributed by atoms with Crippen LogP contribution in [0.3, 0.4) is 0 Å². The molecule has 0 aromatic carbocycles. The molecule has 1 amide bonds. The Labute approximate surface area is 161 Å². The average Bonchev–Trinajstić information content (AvgIpc) is 3.14. The highest BCUT2D eigenvalue weighted by atomic mass is 16.5. The lowest BCUT2D eigenvalue weighted by Crippen LogP contribution is -2.41. The molecule has 1 aliphatic rings. The van der Waals surface area contributed by atoms with Gasteiger partial charge in [-0.1, -0.05) is 78.1 Å². The smallest absolute Gasteiger partial charge is 0.328 e. The van der Waals surface area contributed by atoms with Crippen molar-refractivity contribution >= 4 is 11.9 Å². The van der Waals surface area contributed by atoms with Crippen molar-refractivity contribution in [3.8, 4) is 0 Å². The molecule has 0 N–H and O–H groups in total. The summed E-state index contributed by atoms with van der Waals surface area (Å²) in [5.41, 5.74) is 0. The number of carbonyl (C=O) groups excluding carboxylic acids is 2. The number of unbranched alkanes of at least 4 members (excludes halogenated alkanes) is 10. The quantitative estimate of drug-likeness (QED) is 0.278. The van der Waals surface area contributed by atoms with Crippen LogP contribution >= 0.6 is 0 Å². The third-order valence-electron chi connectivity index (χ3n) is 5.33. The van der Waals surface area contributed by atoms with Crippen molar-refractivity contribution < 1.29 is 14.3 Å². The van der Waals surface area contributed by atoms with Crippen molar-refractivity contribution in [2.45, 2.75) is 116 Å². The maximum atomic E-state index is 12.3. The minimum atomic E-state index is -0.331. The van der Waals surface area contributed by atoms with Gasteiger partial charge in [0, 0.05) is 13.0 Å². The second kappa shape index (κ2) is 15.0. The van der Waals surface area contributed by atoms with Crippen LogP contribution in [0.25, 0.3) is 0 Å². The molecule has 152 valence electrons. The number of amides is 1. The number of hydrogen-bond acceptors (Lipinski definition) is 3. The van der Waals surface area contributed by atoms with E-state index in [1.807, 2.05) is 0 Å². The number of hydrogen-bond donors (Lipinski definition) is 0. The lowest BCUT2D eigenvalue weighted by Gasteiger charge is -2.23. The Kier molecular flexibility index (Phi) is 13.3. The van der Waals surface area contributed by atoms with Crippen molar-refractivity contribution in [1.82, 2.24) is 4.90 Å². The second-order valence-corrected chi connectivity index (χ2v) is 7.70. The summed E-state index contributed by atoms with van der Waals surface area (Å²) < 4.78 is 5.45. The molecule has 0 aromatic heterocycles. The van der Waals surface area contributed by atoms with Crippen LogP contribution in [0.5, 0.6) is 0 Å². The topological polar surface area (TPSA) is 46.6 Å². The van der Waals surface area contributed by atoms with E-state index < -0.39 is 0 Å². The maximum Gasteiger partial charge on any atom is 0.328 e. The number of esters is 1.